The molecule has 0 bridgehead atoms. The van der Waals surface area contributed by atoms with E-state index in [9.17, 15) is 9.59 Å². The Morgan fingerprint density at radius 2 is 1.61 bits per heavy atom. The highest BCUT2D eigenvalue weighted by atomic mass is 32.1. The van der Waals surface area contributed by atoms with Gasteiger partial charge in [-0.15, -0.1) is 11.3 Å². The molecule has 6 nitrogen and oxygen atoms in total. The first-order valence-corrected chi connectivity index (χ1v) is 14.7. The van der Waals surface area contributed by atoms with E-state index < -0.39 is 6.04 Å². The van der Waals surface area contributed by atoms with E-state index in [0.717, 1.165) is 45.2 Å². The van der Waals surface area contributed by atoms with Crippen molar-refractivity contribution in [3.8, 4) is 0 Å². The smallest absolute Gasteiger partial charge is 0.264 e. The van der Waals surface area contributed by atoms with E-state index in [-0.39, 0.29) is 29.9 Å². The fourth-order valence-electron chi connectivity index (χ4n) is 5.78. The van der Waals surface area contributed by atoms with E-state index in [1.54, 1.807) is 0 Å². The maximum absolute atomic E-state index is 13.6. The Morgan fingerprint density at radius 3 is 2.26 bits per heavy atom. The zero-order chi connectivity index (χ0) is 26.3. The molecule has 2 fully saturated rings. The van der Waals surface area contributed by atoms with E-state index in [4.69, 9.17) is 5.73 Å². The van der Waals surface area contributed by atoms with Crippen molar-refractivity contribution in [3.63, 3.8) is 0 Å². The Morgan fingerprint density at radius 1 is 0.921 bits per heavy atom. The Balaban J connectivity index is 1.35. The molecule has 1 saturated heterocycles. The van der Waals surface area contributed by atoms with Gasteiger partial charge < -0.3 is 16.0 Å². The third-order valence-corrected chi connectivity index (χ3v) is 8.83. The quantitative estimate of drug-likeness (QED) is 0.428. The number of amides is 2. The standard InChI is InChI=1S/C31H38N4O2S/c32-25-13-15-26(16-14-25)33-30(36)28-20-27(22-35(28)31(37)29-12-7-19-38-29)34(21-24-10-5-2-6-11-24)18-17-23-8-3-1-4-9-23/h1-12,19,25-28H,13-18,20-22,32H2,(H,33,36). The summed E-state index contributed by atoms with van der Waals surface area (Å²) in [5.74, 6) is -0.0726. The first-order valence-electron chi connectivity index (χ1n) is 13.8. The molecule has 3 N–H and O–H groups in total. The van der Waals surface area contributed by atoms with Gasteiger partial charge in [0.05, 0.1) is 4.88 Å². The van der Waals surface area contributed by atoms with Crippen LogP contribution in [0.4, 0.5) is 0 Å². The van der Waals surface area contributed by atoms with E-state index >= 15 is 0 Å². The van der Waals surface area contributed by atoms with Crippen LogP contribution in [0.3, 0.4) is 0 Å². The lowest BCUT2D eigenvalue weighted by Gasteiger charge is -2.29. The summed E-state index contributed by atoms with van der Waals surface area (Å²) >= 11 is 1.44. The number of carbonyl (C=O) groups excluding carboxylic acids is 2. The number of hydrogen-bond acceptors (Lipinski definition) is 5. The summed E-state index contributed by atoms with van der Waals surface area (Å²) in [6, 6.07) is 24.7. The molecule has 1 aliphatic carbocycles. The van der Waals surface area contributed by atoms with Crippen molar-refractivity contribution in [2.24, 2.45) is 5.73 Å². The van der Waals surface area contributed by atoms with Gasteiger partial charge in [-0.1, -0.05) is 66.7 Å². The van der Waals surface area contributed by atoms with Gasteiger partial charge in [0.2, 0.25) is 5.91 Å². The second kappa shape index (κ2) is 12.7. The minimum absolute atomic E-state index is 0.0272. The van der Waals surface area contributed by atoms with Crippen LogP contribution in [0, 0.1) is 0 Å². The molecule has 1 saturated carbocycles. The summed E-state index contributed by atoms with van der Waals surface area (Å²) < 4.78 is 0. The summed E-state index contributed by atoms with van der Waals surface area (Å²) in [4.78, 5) is 32.2. The van der Waals surface area contributed by atoms with Crippen LogP contribution in [-0.4, -0.2) is 58.9 Å². The maximum atomic E-state index is 13.6. The first-order chi connectivity index (χ1) is 18.6. The van der Waals surface area contributed by atoms with Crippen LogP contribution < -0.4 is 11.1 Å². The fraction of sp³-hybridized carbons (Fsp3) is 0.419. The van der Waals surface area contributed by atoms with Crippen molar-refractivity contribution in [3.05, 3.63) is 94.2 Å². The maximum Gasteiger partial charge on any atom is 0.264 e. The molecule has 2 aromatic carbocycles. The largest absolute Gasteiger partial charge is 0.352 e. The highest BCUT2D eigenvalue weighted by Crippen LogP contribution is 2.28. The normalized spacial score (nSPS) is 23.5. The van der Waals surface area contributed by atoms with Crippen LogP contribution >= 0.6 is 11.3 Å². The molecule has 1 aromatic heterocycles. The number of likely N-dealkylation sites (tertiary alicyclic amines) is 1. The Labute approximate surface area is 229 Å². The topological polar surface area (TPSA) is 78.7 Å². The van der Waals surface area contributed by atoms with E-state index in [1.807, 2.05) is 34.5 Å². The Bertz CT molecular complexity index is 1160. The molecule has 2 unspecified atom stereocenters. The summed E-state index contributed by atoms with van der Waals surface area (Å²) in [5, 5.41) is 5.19. The second-order valence-corrected chi connectivity index (χ2v) is 11.6. The highest BCUT2D eigenvalue weighted by Gasteiger charge is 2.42. The number of carbonyl (C=O) groups is 2. The van der Waals surface area contributed by atoms with Gasteiger partial charge in [-0.25, -0.2) is 0 Å². The average molecular weight is 531 g/mol. The molecule has 1 aliphatic heterocycles. The zero-order valence-corrected chi connectivity index (χ0v) is 22.7. The highest BCUT2D eigenvalue weighted by molar-refractivity contribution is 7.12. The van der Waals surface area contributed by atoms with Crippen molar-refractivity contribution < 1.29 is 9.59 Å². The van der Waals surface area contributed by atoms with Crippen LogP contribution in [0.15, 0.2) is 78.2 Å². The molecule has 3 aromatic rings. The van der Waals surface area contributed by atoms with Gasteiger partial charge in [-0.3, -0.25) is 14.5 Å². The van der Waals surface area contributed by atoms with Gasteiger partial charge in [0, 0.05) is 37.8 Å². The molecular weight excluding hydrogens is 492 g/mol. The number of nitrogens with one attached hydrogen (secondary N) is 1. The molecule has 2 heterocycles. The van der Waals surface area contributed by atoms with Crippen LogP contribution in [-0.2, 0) is 17.8 Å². The molecule has 0 radical (unpaired) electrons. The van der Waals surface area contributed by atoms with Crippen LogP contribution in [0.1, 0.15) is 52.9 Å². The number of benzene rings is 2. The minimum atomic E-state index is -0.472. The predicted octanol–water partition coefficient (Wildman–Crippen LogP) is 4.46. The fourth-order valence-corrected chi connectivity index (χ4v) is 6.46. The third kappa shape index (κ3) is 6.70. The lowest BCUT2D eigenvalue weighted by Crippen LogP contribution is -2.50. The number of nitrogens with zero attached hydrogens (tertiary/aromatic N) is 2. The van der Waals surface area contributed by atoms with Crippen molar-refractivity contribution in [1.29, 1.82) is 0 Å². The molecule has 200 valence electrons. The Kier molecular flexibility index (Phi) is 8.89. The van der Waals surface area contributed by atoms with Gasteiger partial charge >= 0.3 is 0 Å². The predicted molar refractivity (Wildman–Crippen MR) is 153 cm³/mol. The van der Waals surface area contributed by atoms with E-state index in [1.165, 1.54) is 22.5 Å². The molecule has 0 spiro atoms. The summed E-state index contributed by atoms with van der Waals surface area (Å²) in [7, 11) is 0. The van der Waals surface area contributed by atoms with E-state index in [2.05, 4.69) is 58.7 Å². The third-order valence-electron chi connectivity index (χ3n) is 7.97. The molecular formula is C31H38N4O2S. The number of nitrogens with two attached hydrogens (primary N) is 1. The SMILES string of the molecule is NC1CCC(NC(=O)C2CC(N(CCc3ccccc3)Cc3ccccc3)CN2C(=O)c2cccs2)CC1. The number of hydrogen-bond donors (Lipinski definition) is 2. The number of thiophene rings is 1. The first kappa shape index (κ1) is 26.6. The zero-order valence-electron chi connectivity index (χ0n) is 21.9. The molecule has 7 heteroatoms. The van der Waals surface area contributed by atoms with Crippen molar-refractivity contribution in [2.45, 2.75) is 69.2 Å². The van der Waals surface area contributed by atoms with Gasteiger partial charge in [0.1, 0.15) is 6.04 Å². The van der Waals surface area contributed by atoms with Gasteiger partial charge in [-0.2, -0.15) is 0 Å². The summed E-state index contributed by atoms with van der Waals surface area (Å²) in [5.41, 5.74) is 8.61. The van der Waals surface area contributed by atoms with Gasteiger partial charge in [0.25, 0.3) is 5.91 Å². The van der Waals surface area contributed by atoms with Crippen LogP contribution in [0.2, 0.25) is 0 Å². The molecule has 5 rings (SSSR count). The van der Waals surface area contributed by atoms with E-state index in [0.29, 0.717) is 17.8 Å². The summed E-state index contributed by atoms with van der Waals surface area (Å²) in [6.07, 6.45) is 5.22. The Hall–Kier alpha value is -3.00. The average Bonchev–Trinajstić information content (AvgIpc) is 3.64. The minimum Gasteiger partial charge on any atom is -0.352 e. The second-order valence-electron chi connectivity index (χ2n) is 10.7. The van der Waals surface area contributed by atoms with Crippen molar-refractivity contribution in [2.75, 3.05) is 13.1 Å². The lowest BCUT2D eigenvalue weighted by atomic mass is 9.91. The van der Waals surface area contributed by atoms with Gasteiger partial charge in [0.15, 0.2) is 0 Å². The van der Waals surface area contributed by atoms with Crippen LogP contribution in [0.25, 0.3) is 0 Å². The van der Waals surface area contributed by atoms with Crippen LogP contribution in [0.5, 0.6) is 0 Å². The number of rotatable bonds is 9. The van der Waals surface area contributed by atoms with Crippen molar-refractivity contribution >= 4 is 23.2 Å². The lowest BCUT2D eigenvalue weighted by molar-refractivity contribution is -0.125. The molecule has 2 amide bonds. The monoisotopic (exact) mass is 530 g/mol. The molecule has 2 aliphatic rings. The van der Waals surface area contributed by atoms with Crippen molar-refractivity contribution in [1.82, 2.24) is 15.1 Å². The molecule has 2 atom stereocenters. The van der Waals surface area contributed by atoms with Gasteiger partial charge in [-0.05, 0) is 61.1 Å². The summed E-state index contributed by atoms with van der Waals surface area (Å²) in [6.45, 7) is 2.19. The molecule has 38 heavy (non-hydrogen) atoms.